The summed E-state index contributed by atoms with van der Waals surface area (Å²) in [6.45, 7) is 24.2. The lowest BCUT2D eigenvalue weighted by molar-refractivity contribution is -0.138. The summed E-state index contributed by atoms with van der Waals surface area (Å²) >= 11 is 18.7. The number of hydrogen-bond acceptors (Lipinski definition) is 14. The number of hydrogen-bond donors (Lipinski definition) is 3. The number of aromatic nitrogens is 6. The minimum absolute atomic E-state index is 0. The smallest absolute Gasteiger partial charge is 0.410 e. The van der Waals surface area contributed by atoms with Gasteiger partial charge < -0.3 is 53.5 Å². The molecule has 528 valence electrons. The topological polar surface area (TPSA) is 238 Å². The van der Waals surface area contributed by atoms with Crippen LogP contribution in [-0.4, -0.2) is 155 Å². The molecular weight excluding hydrogens is 1560 g/mol. The average Bonchev–Trinajstić information content (AvgIpc) is 1.66. The van der Waals surface area contributed by atoms with Gasteiger partial charge in [0.1, 0.15) is 55.4 Å². The molecule has 0 saturated heterocycles. The van der Waals surface area contributed by atoms with Crippen molar-refractivity contribution in [3.63, 3.8) is 0 Å². The van der Waals surface area contributed by atoms with Crippen LogP contribution in [0.5, 0.6) is 0 Å². The van der Waals surface area contributed by atoms with E-state index in [0.717, 1.165) is 70.1 Å². The summed E-state index contributed by atoms with van der Waals surface area (Å²) in [5.41, 5.74) is 10.2. The van der Waals surface area contributed by atoms with Crippen LogP contribution in [-0.2, 0) is 99.0 Å². The Morgan fingerprint density at radius 3 is 1.46 bits per heavy atom. The summed E-state index contributed by atoms with van der Waals surface area (Å²) in [6.07, 6.45) is 9.44. The monoisotopic (exact) mass is 1640 g/mol. The summed E-state index contributed by atoms with van der Waals surface area (Å²) in [7, 11) is 9.13. The summed E-state index contributed by atoms with van der Waals surface area (Å²) in [5, 5.41) is 8.77. The van der Waals surface area contributed by atoms with E-state index in [4.69, 9.17) is 25.7 Å². The standard InChI is InChI=1S/C21H29N3O2Si.C16H20BrN3O2.C15H13N3O.C8H6Br2O.C8H15NO4.CH4.S5/c1-21(2,3)26-20(25)24(4)15-19-22-14-18(23-19)17-10-8-16(9-11-17)12-13-27(5,6)7;1-16(2,3)22-15(21)20(4)10-14-18-9-13(19-14)11-5-7-12(17)8-6-11;1-3-11-4-6-12(7-5-11)13-8-18-10-15(19)17(2)9-14(18)16-13;9-5-8(11)6-1-3-7(10)4-2-6;1-8(2,3)13-7(12)9(4)5-6(10)11;;1-3-5-4-2/h8-11,14H,15H2,1-7H3,(H,22,23);5-9H,10H2,1-4H3,(H,18,19);1,4-8H,9-10H2,2H3;1-4H,5H2;5H2,1-4H3,(H,10,11);1H4;. The van der Waals surface area contributed by atoms with Gasteiger partial charge >= 0.3 is 24.2 Å². The largest absolute Gasteiger partial charge is 0.480 e. The molecule has 4 aromatic carbocycles. The molecule has 1 aliphatic rings. The predicted octanol–water partition coefficient (Wildman–Crippen LogP) is 15.0. The second kappa shape index (κ2) is 41.4. The number of fused-ring (bicyclic) bond motifs is 1. The maximum absolute atomic E-state index is 12.1. The van der Waals surface area contributed by atoms with E-state index in [2.05, 4.69) is 132 Å². The van der Waals surface area contributed by atoms with Gasteiger partial charge in [0, 0.05) is 115 Å². The number of imidazole rings is 3. The van der Waals surface area contributed by atoms with Crippen molar-refractivity contribution in [3.05, 3.63) is 159 Å². The zero-order valence-electron chi connectivity index (χ0n) is 57.2. The number of carboxylic acid groups (broad SMARTS) is 1. The molecule has 0 atom stereocenters. The SMILES string of the molecule is C.C#Cc1ccc(-c2cn3c(n2)CN(C)C(=O)C3)cc1.CN(CC(=O)O)C(=O)OC(C)(C)C.CN(Cc1ncc(-c2ccc(Br)cc2)[nH]1)C(=O)OC(C)(C)C.CN(Cc1ncc(-c2ccc(C#C[Si](C)(C)C)cc2)[nH]1)C(=O)OC(C)(C)C.O=C(CBr)c1ccc(Br)cc1.S=S=S=S=S. The fourth-order valence-electron chi connectivity index (χ4n) is 7.55. The number of Topliss-reactive ketones (excluding diaryl/α,β-unsaturated/α-hetero) is 1. The molecule has 0 fully saturated rings. The van der Waals surface area contributed by atoms with E-state index >= 15 is 0 Å². The van der Waals surface area contributed by atoms with Crippen LogP contribution in [0.25, 0.3) is 33.8 Å². The molecular formula is C69H87Br3N10O10S5Si. The maximum atomic E-state index is 12.1. The summed E-state index contributed by atoms with van der Waals surface area (Å²) < 4.78 is 19.5. The van der Waals surface area contributed by atoms with Gasteiger partial charge in [-0.15, -0.1) is 12.0 Å². The molecule has 20 nitrogen and oxygen atoms in total. The summed E-state index contributed by atoms with van der Waals surface area (Å²) in [4.78, 5) is 93.5. The normalized spacial score (nSPS) is 11.2. The average molecular weight is 1640 g/mol. The van der Waals surface area contributed by atoms with E-state index in [9.17, 15) is 28.8 Å². The van der Waals surface area contributed by atoms with Crippen molar-refractivity contribution >= 4 is 141 Å². The number of alkyl halides is 1. The van der Waals surface area contributed by atoms with E-state index in [1.165, 1.54) is 43.5 Å². The van der Waals surface area contributed by atoms with Gasteiger partial charge in [-0.2, -0.15) is 0 Å². The Labute approximate surface area is 621 Å². The molecule has 98 heavy (non-hydrogen) atoms. The van der Waals surface area contributed by atoms with Crippen molar-refractivity contribution in [1.82, 2.24) is 49.1 Å². The van der Waals surface area contributed by atoms with Crippen LogP contribution in [0.1, 0.15) is 109 Å². The van der Waals surface area contributed by atoms with Crippen LogP contribution in [0.2, 0.25) is 19.6 Å². The summed E-state index contributed by atoms with van der Waals surface area (Å²) in [5.74, 6) is 7.34. The van der Waals surface area contributed by atoms with Crippen molar-refractivity contribution < 1.29 is 48.1 Å². The van der Waals surface area contributed by atoms with E-state index in [1.807, 2.05) is 137 Å². The van der Waals surface area contributed by atoms with E-state index in [0.29, 0.717) is 43.2 Å². The third kappa shape index (κ3) is 34.0. The number of H-pyrrole nitrogens is 2. The lowest BCUT2D eigenvalue weighted by Gasteiger charge is -2.24. The van der Waals surface area contributed by atoms with Gasteiger partial charge in [0.15, 0.2) is 5.78 Å². The number of carbonyl (C=O) groups is 6. The first-order valence-electron chi connectivity index (χ1n) is 29.7. The number of aliphatic carboxylic acids is 1. The second-order valence-electron chi connectivity index (χ2n) is 25.4. The molecule has 3 aromatic heterocycles. The Kier molecular flexibility index (Phi) is 36.7. The molecule has 0 unspecified atom stereocenters. The fraction of sp³-hybridized carbons (Fsp3) is 0.377. The number of terminal acetylenes is 1. The first kappa shape index (κ1) is 86.9. The van der Waals surface area contributed by atoms with Gasteiger partial charge in [0.25, 0.3) is 0 Å². The number of halogens is 3. The highest BCUT2D eigenvalue weighted by molar-refractivity contribution is 9.10. The fourth-order valence-corrected chi connectivity index (χ4v) is 11.7. The van der Waals surface area contributed by atoms with Crippen molar-refractivity contribution in [3.8, 4) is 57.6 Å². The predicted molar refractivity (Wildman–Crippen MR) is 416 cm³/mol. The maximum Gasteiger partial charge on any atom is 0.410 e. The Bertz CT molecular complexity index is 4000. The van der Waals surface area contributed by atoms with Crippen LogP contribution in [0.3, 0.4) is 0 Å². The lowest BCUT2D eigenvalue weighted by atomic mass is 10.1. The minimum Gasteiger partial charge on any atom is -0.480 e. The molecule has 4 amide bonds. The van der Waals surface area contributed by atoms with Crippen LogP contribution in [0, 0.1) is 23.8 Å². The molecule has 0 spiro atoms. The van der Waals surface area contributed by atoms with Gasteiger partial charge in [-0.05, 0) is 122 Å². The van der Waals surface area contributed by atoms with E-state index in [-0.39, 0.29) is 37.8 Å². The number of carbonyl (C=O) groups excluding carboxylic acids is 5. The molecule has 0 saturated carbocycles. The molecule has 4 heterocycles. The number of rotatable bonds is 11. The molecule has 1 aliphatic heterocycles. The van der Waals surface area contributed by atoms with Crippen LogP contribution >= 0.6 is 47.8 Å². The van der Waals surface area contributed by atoms with Crippen LogP contribution in [0.4, 0.5) is 14.4 Å². The zero-order chi connectivity index (χ0) is 73.0. The van der Waals surface area contributed by atoms with Gasteiger partial charge in [0.05, 0.1) is 54.4 Å². The Balaban J connectivity index is 0.000000420. The third-order valence-corrected chi connectivity index (χ3v) is 19.0. The number of ketones is 1. The number of benzene rings is 4. The van der Waals surface area contributed by atoms with Crippen molar-refractivity contribution in [1.29, 1.82) is 0 Å². The molecule has 0 bridgehead atoms. The first-order chi connectivity index (χ1) is 45.2. The zero-order valence-corrected chi connectivity index (χ0v) is 67.0. The number of aromatic amines is 2. The quantitative estimate of drug-likeness (QED) is 0.0359. The van der Waals surface area contributed by atoms with Crippen LogP contribution in [0.15, 0.2) is 125 Å². The number of amides is 4. The van der Waals surface area contributed by atoms with Gasteiger partial charge in [-0.1, -0.05) is 135 Å². The van der Waals surface area contributed by atoms with Gasteiger partial charge in [0.2, 0.25) is 5.91 Å². The van der Waals surface area contributed by atoms with Crippen LogP contribution < -0.4 is 0 Å². The van der Waals surface area contributed by atoms with E-state index < -0.39 is 36.9 Å². The number of ether oxygens (including phenoxy) is 3. The molecule has 8 rings (SSSR count). The van der Waals surface area contributed by atoms with E-state index in [1.54, 1.807) is 71.3 Å². The summed E-state index contributed by atoms with van der Waals surface area (Å²) in [6, 6.07) is 31.1. The molecule has 7 aromatic rings. The second-order valence-corrected chi connectivity index (χ2v) is 37.8. The Morgan fingerprint density at radius 1 is 0.663 bits per heavy atom. The Hall–Kier alpha value is -7.19. The Morgan fingerprint density at radius 2 is 1.07 bits per heavy atom. The first-order valence-corrected chi connectivity index (χ1v) is 41.2. The number of likely N-dealkylation sites (N-methyl/N-ethyl adjacent to an activating group) is 2. The highest BCUT2D eigenvalue weighted by atomic mass is 79.9. The highest BCUT2D eigenvalue weighted by Gasteiger charge is 2.25. The van der Waals surface area contributed by atoms with Gasteiger partial charge in [-0.3, -0.25) is 14.4 Å². The highest BCUT2D eigenvalue weighted by Crippen LogP contribution is 2.24. The van der Waals surface area contributed by atoms with Gasteiger partial charge in [-0.25, -0.2) is 29.3 Å². The molecule has 29 heteroatoms. The number of carboxylic acids is 1. The number of nitrogens with one attached hydrogen (secondary N) is 2. The number of nitrogens with zero attached hydrogens (tertiary/aromatic N) is 8. The van der Waals surface area contributed by atoms with Crippen molar-refractivity contribution in [2.75, 3.05) is 40.1 Å². The lowest BCUT2D eigenvalue weighted by Crippen LogP contribution is -2.37. The third-order valence-electron chi connectivity index (χ3n) is 12.1. The van der Waals surface area contributed by atoms with Crippen molar-refractivity contribution in [2.45, 2.75) is 132 Å². The molecule has 0 aliphatic carbocycles. The molecule has 0 radical (unpaired) electrons. The minimum atomic E-state index is -1.37. The molecule has 3 N–H and O–H groups in total. The van der Waals surface area contributed by atoms with Crippen molar-refractivity contribution in [2.24, 2.45) is 0 Å².